The molecule has 3 nitrogen and oxygen atoms in total. The fourth-order valence-corrected chi connectivity index (χ4v) is 2.37. The SMILES string of the molecule is CCC(CC)n1ncc(CN)c1-c1ccccc1. The van der Waals surface area contributed by atoms with Gasteiger partial charge in [0, 0.05) is 17.7 Å². The predicted octanol–water partition coefficient (Wildman–Crippen LogP) is 3.37. The van der Waals surface area contributed by atoms with E-state index in [4.69, 9.17) is 5.73 Å². The van der Waals surface area contributed by atoms with E-state index in [0.717, 1.165) is 18.4 Å². The summed E-state index contributed by atoms with van der Waals surface area (Å²) >= 11 is 0. The van der Waals surface area contributed by atoms with E-state index in [0.29, 0.717) is 12.6 Å². The summed E-state index contributed by atoms with van der Waals surface area (Å²) in [5, 5.41) is 4.54. The average Bonchev–Trinajstić information content (AvgIpc) is 2.85. The van der Waals surface area contributed by atoms with Gasteiger partial charge in [0.2, 0.25) is 0 Å². The van der Waals surface area contributed by atoms with Gasteiger partial charge in [-0.15, -0.1) is 0 Å². The van der Waals surface area contributed by atoms with E-state index in [1.165, 1.54) is 11.3 Å². The summed E-state index contributed by atoms with van der Waals surface area (Å²) in [5.41, 5.74) is 9.32. The number of rotatable bonds is 5. The van der Waals surface area contributed by atoms with Crippen LogP contribution in [-0.4, -0.2) is 9.78 Å². The van der Waals surface area contributed by atoms with E-state index in [-0.39, 0.29) is 0 Å². The Morgan fingerprint density at radius 1 is 1.17 bits per heavy atom. The number of benzene rings is 1. The van der Waals surface area contributed by atoms with Crippen LogP contribution in [0.3, 0.4) is 0 Å². The van der Waals surface area contributed by atoms with Crippen LogP contribution >= 0.6 is 0 Å². The van der Waals surface area contributed by atoms with Crippen LogP contribution in [0.15, 0.2) is 36.5 Å². The molecule has 0 spiro atoms. The fourth-order valence-electron chi connectivity index (χ4n) is 2.37. The maximum Gasteiger partial charge on any atom is 0.0730 e. The van der Waals surface area contributed by atoms with Crippen LogP contribution in [-0.2, 0) is 6.54 Å². The van der Waals surface area contributed by atoms with Crippen molar-refractivity contribution >= 4 is 0 Å². The summed E-state index contributed by atoms with van der Waals surface area (Å²) < 4.78 is 2.14. The summed E-state index contributed by atoms with van der Waals surface area (Å²) in [5.74, 6) is 0. The largest absolute Gasteiger partial charge is 0.326 e. The highest BCUT2D eigenvalue weighted by Crippen LogP contribution is 2.28. The van der Waals surface area contributed by atoms with Crippen molar-refractivity contribution < 1.29 is 0 Å². The zero-order valence-electron chi connectivity index (χ0n) is 11.1. The molecule has 1 aromatic heterocycles. The Kier molecular flexibility index (Phi) is 4.15. The van der Waals surface area contributed by atoms with Gasteiger partial charge in [0.1, 0.15) is 0 Å². The quantitative estimate of drug-likeness (QED) is 0.875. The van der Waals surface area contributed by atoms with Gasteiger partial charge < -0.3 is 5.73 Å². The third-order valence-electron chi connectivity index (χ3n) is 3.43. The Hall–Kier alpha value is -1.61. The van der Waals surface area contributed by atoms with E-state index in [1.54, 1.807) is 0 Å². The van der Waals surface area contributed by atoms with Gasteiger partial charge in [-0.05, 0) is 12.8 Å². The predicted molar refractivity (Wildman–Crippen MR) is 75.2 cm³/mol. The molecule has 0 atom stereocenters. The molecule has 0 saturated heterocycles. The lowest BCUT2D eigenvalue weighted by Gasteiger charge is -2.17. The molecule has 0 fully saturated rings. The van der Waals surface area contributed by atoms with Crippen molar-refractivity contribution in [1.29, 1.82) is 0 Å². The molecule has 18 heavy (non-hydrogen) atoms. The number of nitrogens with two attached hydrogens (primary N) is 1. The van der Waals surface area contributed by atoms with Gasteiger partial charge in [-0.3, -0.25) is 4.68 Å². The molecule has 0 unspecified atom stereocenters. The highest BCUT2D eigenvalue weighted by molar-refractivity contribution is 5.63. The summed E-state index contributed by atoms with van der Waals surface area (Å²) in [4.78, 5) is 0. The smallest absolute Gasteiger partial charge is 0.0730 e. The number of nitrogens with zero attached hydrogens (tertiary/aromatic N) is 2. The lowest BCUT2D eigenvalue weighted by Crippen LogP contribution is -2.11. The summed E-state index contributed by atoms with van der Waals surface area (Å²) in [6.07, 6.45) is 4.07. The molecule has 2 rings (SSSR count). The van der Waals surface area contributed by atoms with Gasteiger partial charge in [0.05, 0.1) is 17.9 Å². The van der Waals surface area contributed by atoms with Crippen LogP contribution in [0.1, 0.15) is 38.3 Å². The molecular formula is C15H21N3. The third kappa shape index (κ3) is 2.31. The van der Waals surface area contributed by atoms with Crippen molar-refractivity contribution in [2.45, 2.75) is 39.3 Å². The van der Waals surface area contributed by atoms with Crippen LogP contribution in [0.2, 0.25) is 0 Å². The van der Waals surface area contributed by atoms with Crippen LogP contribution in [0, 0.1) is 0 Å². The van der Waals surface area contributed by atoms with E-state index in [2.05, 4.69) is 47.9 Å². The zero-order valence-corrected chi connectivity index (χ0v) is 11.1. The van der Waals surface area contributed by atoms with Gasteiger partial charge in [0.15, 0.2) is 0 Å². The molecule has 96 valence electrons. The lowest BCUT2D eigenvalue weighted by molar-refractivity contribution is 0.433. The third-order valence-corrected chi connectivity index (χ3v) is 3.43. The Balaban J connectivity index is 2.53. The molecule has 0 aliphatic heterocycles. The summed E-state index contributed by atoms with van der Waals surface area (Å²) in [6.45, 7) is 4.93. The first kappa shape index (κ1) is 12.8. The minimum atomic E-state index is 0.445. The average molecular weight is 243 g/mol. The first-order chi connectivity index (χ1) is 8.81. The Labute approximate surface area is 109 Å². The highest BCUT2D eigenvalue weighted by Gasteiger charge is 2.16. The zero-order chi connectivity index (χ0) is 13.0. The van der Waals surface area contributed by atoms with Crippen LogP contribution in [0.25, 0.3) is 11.3 Å². The Morgan fingerprint density at radius 3 is 2.39 bits per heavy atom. The van der Waals surface area contributed by atoms with Gasteiger partial charge in [-0.2, -0.15) is 5.10 Å². The van der Waals surface area contributed by atoms with Gasteiger partial charge in [0.25, 0.3) is 0 Å². The number of hydrogen-bond acceptors (Lipinski definition) is 2. The van der Waals surface area contributed by atoms with E-state index in [9.17, 15) is 0 Å². The second-order valence-corrected chi connectivity index (χ2v) is 4.50. The molecule has 1 aromatic carbocycles. The van der Waals surface area contributed by atoms with E-state index in [1.807, 2.05) is 12.3 Å². The van der Waals surface area contributed by atoms with Crippen molar-refractivity contribution in [1.82, 2.24) is 9.78 Å². The second-order valence-electron chi connectivity index (χ2n) is 4.50. The van der Waals surface area contributed by atoms with Crippen molar-refractivity contribution in [3.8, 4) is 11.3 Å². The van der Waals surface area contributed by atoms with Crippen molar-refractivity contribution in [3.05, 3.63) is 42.1 Å². The molecule has 0 aliphatic rings. The molecule has 0 bridgehead atoms. The van der Waals surface area contributed by atoms with Gasteiger partial charge in [-0.25, -0.2) is 0 Å². The number of hydrogen-bond donors (Lipinski definition) is 1. The molecule has 3 heteroatoms. The molecule has 0 aliphatic carbocycles. The molecule has 0 saturated carbocycles. The molecule has 2 N–H and O–H groups in total. The molecule has 1 heterocycles. The van der Waals surface area contributed by atoms with Gasteiger partial charge in [-0.1, -0.05) is 44.2 Å². The second kappa shape index (κ2) is 5.83. The Morgan fingerprint density at radius 2 is 1.83 bits per heavy atom. The summed E-state index contributed by atoms with van der Waals surface area (Å²) in [7, 11) is 0. The van der Waals surface area contributed by atoms with E-state index >= 15 is 0 Å². The first-order valence-corrected chi connectivity index (χ1v) is 6.63. The van der Waals surface area contributed by atoms with Crippen molar-refractivity contribution in [3.63, 3.8) is 0 Å². The minimum absolute atomic E-state index is 0.445. The van der Waals surface area contributed by atoms with Crippen LogP contribution in [0.5, 0.6) is 0 Å². The van der Waals surface area contributed by atoms with Crippen LogP contribution < -0.4 is 5.73 Å². The van der Waals surface area contributed by atoms with Crippen LogP contribution in [0.4, 0.5) is 0 Å². The van der Waals surface area contributed by atoms with Crippen molar-refractivity contribution in [2.75, 3.05) is 0 Å². The van der Waals surface area contributed by atoms with Crippen molar-refractivity contribution in [2.24, 2.45) is 5.73 Å². The van der Waals surface area contributed by atoms with E-state index < -0.39 is 0 Å². The van der Waals surface area contributed by atoms with Gasteiger partial charge >= 0.3 is 0 Å². The maximum absolute atomic E-state index is 5.83. The Bertz CT molecular complexity index is 484. The molecule has 0 radical (unpaired) electrons. The minimum Gasteiger partial charge on any atom is -0.326 e. The highest BCUT2D eigenvalue weighted by atomic mass is 15.3. The molecule has 2 aromatic rings. The topological polar surface area (TPSA) is 43.8 Å². The lowest BCUT2D eigenvalue weighted by atomic mass is 10.1. The standard InChI is InChI=1S/C15H21N3/c1-3-14(4-2)18-15(13(10-16)11-17-18)12-8-6-5-7-9-12/h5-9,11,14H,3-4,10,16H2,1-2H3. The monoisotopic (exact) mass is 243 g/mol. The number of aromatic nitrogens is 2. The normalized spacial score (nSPS) is 11.1. The summed E-state index contributed by atoms with van der Waals surface area (Å²) in [6, 6.07) is 10.8. The fraction of sp³-hybridized carbons (Fsp3) is 0.400. The first-order valence-electron chi connectivity index (χ1n) is 6.63. The molecule has 0 amide bonds. The maximum atomic E-state index is 5.83. The molecular weight excluding hydrogens is 222 g/mol.